The molecule has 1 aliphatic rings. The molecular formula is C23H18Cl2N2O2S. The monoisotopic (exact) mass is 456 g/mol. The van der Waals surface area contributed by atoms with E-state index in [1.807, 2.05) is 53.4 Å². The minimum atomic E-state index is -0.233. The summed E-state index contributed by atoms with van der Waals surface area (Å²) in [6.07, 6.45) is 0. The molecule has 0 radical (unpaired) electrons. The van der Waals surface area contributed by atoms with Crippen LogP contribution >= 0.6 is 35.0 Å². The molecule has 4 rings (SSSR count). The van der Waals surface area contributed by atoms with Crippen LogP contribution in [0.4, 0.5) is 5.69 Å². The molecule has 1 N–H and O–H groups in total. The van der Waals surface area contributed by atoms with E-state index in [-0.39, 0.29) is 17.2 Å². The van der Waals surface area contributed by atoms with E-state index in [4.69, 9.17) is 23.2 Å². The van der Waals surface area contributed by atoms with Gasteiger partial charge >= 0.3 is 0 Å². The van der Waals surface area contributed by atoms with Crippen molar-refractivity contribution in [3.63, 3.8) is 0 Å². The number of halogens is 2. The Hall–Kier alpha value is -2.47. The van der Waals surface area contributed by atoms with Crippen molar-refractivity contribution in [2.24, 2.45) is 0 Å². The SMILES string of the molecule is O=C(Nc1ccccc1Cl)c1ccc([C@H]2SCC(=O)N2Cc2ccc(Cl)cc2)cc1. The van der Waals surface area contributed by atoms with Crippen LogP contribution in [0.2, 0.25) is 10.0 Å². The van der Waals surface area contributed by atoms with Gasteiger partial charge in [-0.25, -0.2) is 0 Å². The van der Waals surface area contributed by atoms with Crippen LogP contribution in [0.5, 0.6) is 0 Å². The number of amides is 2. The number of benzene rings is 3. The van der Waals surface area contributed by atoms with Crippen molar-refractivity contribution in [3.05, 3.63) is 99.5 Å². The minimum absolute atomic E-state index is 0.0890. The molecule has 3 aromatic rings. The van der Waals surface area contributed by atoms with Gasteiger partial charge in [0.15, 0.2) is 0 Å². The molecule has 4 nitrogen and oxygen atoms in total. The molecule has 0 aromatic heterocycles. The maximum absolute atomic E-state index is 12.5. The Bertz CT molecular complexity index is 1070. The number of hydrogen-bond acceptors (Lipinski definition) is 3. The van der Waals surface area contributed by atoms with Crippen LogP contribution in [0.1, 0.15) is 26.9 Å². The highest BCUT2D eigenvalue weighted by Crippen LogP contribution is 2.39. The number of nitrogens with zero attached hydrogens (tertiary/aromatic N) is 1. The summed E-state index contributed by atoms with van der Waals surface area (Å²) in [4.78, 5) is 26.8. The second-order valence-electron chi connectivity index (χ2n) is 6.87. The van der Waals surface area contributed by atoms with E-state index in [2.05, 4.69) is 5.32 Å². The second kappa shape index (κ2) is 9.13. The number of hydrogen-bond donors (Lipinski definition) is 1. The summed E-state index contributed by atoms with van der Waals surface area (Å²) in [5, 5.41) is 3.88. The fraction of sp³-hybridized carbons (Fsp3) is 0.130. The summed E-state index contributed by atoms with van der Waals surface area (Å²) in [6.45, 7) is 0.516. The molecule has 2 amide bonds. The second-order valence-corrected chi connectivity index (χ2v) is 8.78. The predicted molar refractivity (Wildman–Crippen MR) is 123 cm³/mol. The lowest BCUT2D eigenvalue weighted by Gasteiger charge is -2.24. The van der Waals surface area contributed by atoms with E-state index >= 15 is 0 Å². The molecule has 1 fully saturated rings. The molecule has 1 heterocycles. The van der Waals surface area contributed by atoms with E-state index in [1.165, 1.54) is 0 Å². The third-order valence-electron chi connectivity index (χ3n) is 4.81. The maximum Gasteiger partial charge on any atom is 0.255 e. The summed E-state index contributed by atoms with van der Waals surface area (Å²) < 4.78 is 0. The Labute approximate surface area is 189 Å². The van der Waals surface area contributed by atoms with Crippen molar-refractivity contribution in [2.45, 2.75) is 11.9 Å². The van der Waals surface area contributed by atoms with Crippen LogP contribution in [0.15, 0.2) is 72.8 Å². The van der Waals surface area contributed by atoms with E-state index in [9.17, 15) is 9.59 Å². The van der Waals surface area contributed by atoms with E-state index in [0.717, 1.165) is 11.1 Å². The zero-order valence-corrected chi connectivity index (χ0v) is 18.2. The van der Waals surface area contributed by atoms with Crippen molar-refractivity contribution in [3.8, 4) is 0 Å². The Morgan fingerprint density at radius 2 is 1.70 bits per heavy atom. The fourth-order valence-corrected chi connectivity index (χ4v) is 4.74. The van der Waals surface area contributed by atoms with Crippen molar-refractivity contribution in [1.29, 1.82) is 0 Å². The Morgan fingerprint density at radius 1 is 1.00 bits per heavy atom. The van der Waals surface area contributed by atoms with Crippen molar-refractivity contribution in [1.82, 2.24) is 4.90 Å². The quantitative estimate of drug-likeness (QED) is 0.510. The van der Waals surface area contributed by atoms with Gasteiger partial charge in [0.05, 0.1) is 16.5 Å². The summed E-state index contributed by atoms with van der Waals surface area (Å²) in [5.41, 5.74) is 3.10. The molecule has 3 aromatic carbocycles. The van der Waals surface area contributed by atoms with Gasteiger partial charge in [-0.2, -0.15) is 0 Å². The highest BCUT2D eigenvalue weighted by atomic mass is 35.5. The highest BCUT2D eigenvalue weighted by molar-refractivity contribution is 8.00. The Morgan fingerprint density at radius 3 is 2.40 bits per heavy atom. The normalized spacial score (nSPS) is 16.0. The van der Waals surface area contributed by atoms with Crippen LogP contribution < -0.4 is 5.32 Å². The molecule has 0 spiro atoms. The largest absolute Gasteiger partial charge is 0.322 e. The van der Waals surface area contributed by atoms with Gasteiger partial charge < -0.3 is 10.2 Å². The van der Waals surface area contributed by atoms with Crippen LogP contribution in [0.3, 0.4) is 0 Å². The maximum atomic E-state index is 12.5. The van der Waals surface area contributed by atoms with E-state index < -0.39 is 0 Å². The third kappa shape index (κ3) is 4.64. The standard InChI is InChI=1S/C23H18Cl2N2O2S/c24-18-11-5-15(6-12-18)13-27-21(28)14-30-23(27)17-9-7-16(8-10-17)22(29)26-20-4-2-1-3-19(20)25/h1-12,23H,13-14H2,(H,26,29)/t23-/m1/s1. The van der Waals surface area contributed by atoms with Gasteiger partial charge in [-0.05, 0) is 47.5 Å². The first-order valence-corrected chi connectivity index (χ1v) is 11.1. The number of anilines is 1. The van der Waals surface area contributed by atoms with Crippen molar-refractivity contribution < 1.29 is 9.59 Å². The fourth-order valence-electron chi connectivity index (χ4n) is 3.24. The first kappa shape index (κ1) is 20.8. The first-order chi connectivity index (χ1) is 14.5. The lowest BCUT2D eigenvalue weighted by Crippen LogP contribution is -2.27. The van der Waals surface area contributed by atoms with Crippen LogP contribution in [-0.4, -0.2) is 22.5 Å². The summed E-state index contributed by atoms with van der Waals surface area (Å²) in [7, 11) is 0. The third-order valence-corrected chi connectivity index (χ3v) is 6.65. The zero-order chi connectivity index (χ0) is 21.1. The molecule has 0 unspecified atom stereocenters. The van der Waals surface area contributed by atoms with Crippen molar-refractivity contribution in [2.75, 3.05) is 11.1 Å². The lowest BCUT2D eigenvalue weighted by atomic mass is 10.1. The highest BCUT2D eigenvalue weighted by Gasteiger charge is 2.32. The Kier molecular flexibility index (Phi) is 6.32. The lowest BCUT2D eigenvalue weighted by molar-refractivity contribution is -0.128. The van der Waals surface area contributed by atoms with Crippen molar-refractivity contribution >= 4 is 52.5 Å². The topological polar surface area (TPSA) is 49.4 Å². The molecule has 30 heavy (non-hydrogen) atoms. The molecule has 0 aliphatic carbocycles. The van der Waals surface area contributed by atoms with Crippen LogP contribution in [-0.2, 0) is 11.3 Å². The Balaban J connectivity index is 1.48. The van der Waals surface area contributed by atoms with Gasteiger partial charge in [-0.1, -0.05) is 59.6 Å². The van der Waals surface area contributed by atoms with Crippen LogP contribution in [0.25, 0.3) is 0 Å². The van der Waals surface area contributed by atoms with Crippen LogP contribution in [0, 0.1) is 0 Å². The molecule has 152 valence electrons. The van der Waals surface area contributed by atoms with E-state index in [1.54, 1.807) is 36.0 Å². The average molecular weight is 457 g/mol. The zero-order valence-electron chi connectivity index (χ0n) is 15.8. The first-order valence-electron chi connectivity index (χ1n) is 9.32. The number of thioether (sulfide) groups is 1. The number of carbonyl (C=O) groups excluding carboxylic acids is 2. The minimum Gasteiger partial charge on any atom is -0.322 e. The molecule has 0 saturated carbocycles. The van der Waals surface area contributed by atoms with Gasteiger partial charge in [0.25, 0.3) is 5.91 Å². The molecular weight excluding hydrogens is 439 g/mol. The summed E-state index contributed by atoms with van der Waals surface area (Å²) in [5.74, 6) is 0.302. The molecule has 7 heteroatoms. The number of nitrogens with one attached hydrogen (secondary N) is 1. The van der Waals surface area contributed by atoms with Gasteiger partial charge in [-0.3, -0.25) is 9.59 Å². The number of para-hydroxylation sites is 1. The smallest absolute Gasteiger partial charge is 0.255 e. The molecule has 1 aliphatic heterocycles. The predicted octanol–water partition coefficient (Wildman–Crippen LogP) is 6.02. The van der Waals surface area contributed by atoms with Gasteiger partial charge in [0.2, 0.25) is 5.91 Å². The average Bonchev–Trinajstić information content (AvgIpc) is 3.11. The summed E-state index contributed by atoms with van der Waals surface area (Å²) >= 11 is 13.7. The summed E-state index contributed by atoms with van der Waals surface area (Å²) in [6, 6.07) is 21.9. The molecule has 0 bridgehead atoms. The van der Waals surface area contributed by atoms with E-state index in [0.29, 0.717) is 33.6 Å². The molecule has 1 saturated heterocycles. The van der Waals surface area contributed by atoms with Gasteiger partial charge in [0.1, 0.15) is 5.37 Å². The number of carbonyl (C=O) groups is 2. The van der Waals surface area contributed by atoms with Gasteiger partial charge in [0, 0.05) is 17.1 Å². The number of rotatable bonds is 5. The molecule has 1 atom stereocenters. The van der Waals surface area contributed by atoms with Gasteiger partial charge in [-0.15, -0.1) is 11.8 Å².